The molecule has 1 saturated heterocycles. The molecule has 7 nitrogen and oxygen atoms in total. The summed E-state index contributed by atoms with van der Waals surface area (Å²) in [5.41, 5.74) is 0.116. The predicted molar refractivity (Wildman–Crippen MR) is 77.6 cm³/mol. The van der Waals surface area contributed by atoms with E-state index >= 15 is 0 Å². The Labute approximate surface area is 128 Å². The Kier molecular flexibility index (Phi) is 4.37. The van der Waals surface area contributed by atoms with Crippen molar-refractivity contribution in [2.75, 3.05) is 15.5 Å². The van der Waals surface area contributed by atoms with Gasteiger partial charge < -0.3 is 10.4 Å². The van der Waals surface area contributed by atoms with Crippen LogP contribution in [0.25, 0.3) is 0 Å². The maximum absolute atomic E-state index is 11.8. The van der Waals surface area contributed by atoms with Gasteiger partial charge in [-0.2, -0.15) is 0 Å². The van der Waals surface area contributed by atoms with E-state index in [9.17, 15) is 24.3 Å². The van der Waals surface area contributed by atoms with E-state index in [4.69, 9.17) is 0 Å². The maximum atomic E-state index is 11.8. The minimum atomic E-state index is -1.25. The minimum Gasteiger partial charge on any atom is -0.478 e. The Morgan fingerprint density at radius 2 is 1.86 bits per heavy atom. The van der Waals surface area contributed by atoms with Gasteiger partial charge in [-0.05, 0) is 18.2 Å². The van der Waals surface area contributed by atoms with E-state index in [0.717, 1.165) is 4.90 Å². The second-order valence-electron chi connectivity index (χ2n) is 4.34. The molecule has 0 aliphatic carbocycles. The fourth-order valence-corrected chi connectivity index (χ4v) is 2.16. The van der Waals surface area contributed by atoms with Crippen LogP contribution in [0.1, 0.15) is 23.2 Å². The second-order valence-corrected chi connectivity index (χ2v) is 4.90. The first kappa shape index (κ1) is 15.2. The second kappa shape index (κ2) is 6.04. The molecule has 1 heterocycles. The molecule has 0 unspecified atom stereocenters. The average Bonchev–Trinajstić information content (AvgIpc) is 2.77. The lowest BCUT2D eigenvalue weighted by molar-refractivity contribution is -0.121. The van der Waals surface area contributed by atoms with Gasteiger partial charge >= 0.3 is 5.97 Å². The Morgan fingerprint density at radius 1 is 1.24 bits per heavy atom. The number of anilines is 2. The highest BCUT2D eigenvalue weighted by molar-refractivity contribution is 9.09. The summed E-state index contributed by atoms with van der Waals surface area (Å²) in [7, 11) is 0. The number of carbonyl (C=O) groups excluding carboxylic acids is 3. The number of nitrogens with one attached hydrogen (secondary N) is 1. The van der Waals surface area contributed by atoms with Gasteiger partial charge in [0.1, 0.15) is 0 Å². The number of hydrogen-bond donors (Lipinski definition) is 2. The van der Waals surface area contributed by atoms with Gasteiger partial charge in [0.2, 0.25) is 17.7 Å². The van der Waals surface area contributed by atoms with Crippen molar-refractivity contribution in [3.05, 3.63) is 23.8 Å². The first-order valence-corrected chi connectivity index (χ1v) is 7.15. The van der Waals surface area contributed by atoms with E-state index in [1.54, 1.807) is 0 Å². The molecule has 0 spiro atoms. The summed E-state index contributed by atoms with van der Waals surface area (Å²) in [6, 6.07) is 3.96. The molecule has 0 radical (unpaired) electrons. The number of rotatable bonds is 4. The predicted octanol–water partition coefficient (Wildman–Crippen LogP) is 1.37. The molecule has 21 heavy (non-hydrogen) atoms. The molecular weight excluding hydrogens is 344 g/mol. The van der Waals surface area contributed by atoms with Crippen LogP contribution in [0, 0.1) is 0 Å². The van der Waals surface area contributed by atoms with Crippen molar-refractivity contribution >= 4 is 51.0 Å². The summed E-state index contributed by atoms with van der Waals surface area (Å²) in [6.45, 7) is 0. The molecule has 1 aromatic rings. The van der Waals surface area contributed by atoms with Gasteiger partial charge in [-0.25, -0.2) is 9.69 Å². The Hall–Kier alpha value is -2.22. The molecule has 2 rings (SSSR count). The zero-order valence-electron chi connectivity index (χ0n) is 10.8. The lowest BCUT2D eigenvalue weighted by Gasteiger charge is -2.17. The van der Waals surface area contributed by atoms with Crippen molar-refractivity contribution in [2.24, 2.45) is 0 Å². The summed E-state index contributed by atoms with van der Waals surface area (Å²) in [6.07, 6.45) is 0.103. The Balaban J connectivity index is 2.47. The molecule has 110 valence electrons. The van der Waals surface area contributed by atoms with Crippen LogP contribution in [0.4, 0.5) is 11.4 Å². The normalized spacial score (nSPS) is 14.4. The largest absolute Gasteiger partial charge is 0.478 e. The van der Waals surface area contributed by atoms with Gasteiger partial charge in [0.05, 0.1) is 16.6 Å². The molecule has 0 aromatic heterocycles. The smallest absolute Gasteiger partial charge is 0.337 e. The fourth-order valence-electron chi connectivity index (χ4n) is 2.01. The van der Waals surface area contributed by atoms with E-state index in [-0.39, 0.29) is 35.3 Å². The van der Waals surface area contributed by atoms with Crippen LogP contribution in [0.15, 0.2) is 18.2 Å². The van der Waals surface area contributed by atoms with Crippen LogP contribution in [0.3, 0.4) is 0 Å². The van der Waals surface area contributed by atoms with E-state index in [1.165, 1.54) is 18.2 Å². The molecule has 1 aromatic carbocycles. The summed E-state index contributed by atoms with van der Waals surface area (Å²) in [5, 5.41) is 11.8. The average molecular weight is 355 g/mol. The third kappa shape index (κ3) is 3.10. The standard InChI is InChI=1S/C13H11BrN2O5/c14-6-10(17)15-7-1-2-8(13(20)21)9(5-7)16-11(18)3-4-12(16)19/h1-2,5H,3-4,6H2,(H,15,17)(H,20,21). The van der Waals surface area contributed by atoms with Gasteiger partial charge in [0.25, 0.3) is 0 Å². The third-order valence-electron chi connectivity index (χ3n) is 2.93. The molecule has 1 fully saturated rings. The van der Waals surface area contributed by atoms with Crippen molar-refractivity contribution in [1.82, 2.24) is 0 Å². The number of benzene rings is 1. The van der Waals surface area contributed by atoms with Crippen molar-refractivity contribution < 1.29 is 24.3 Å². The van der Waals surface area contributed by atoms with Crippen molar-refractivity contribution in [1.29, 1.82) is 0 Å². The van der Waals surface area contributed by atoms with Crippen LogP contribution in [-0.4, -0.2) is 34.1 Å². The summed E-state index contributed by atoms with van der Waals surface area (Å²) in [5.74, 6) is -2.49. The number of imide groups is 1. The van der Waals surface area contributed by atoms with E-state index in [0.29, 0.717) is 5.69 Å². The van der Waals surface area contributed by atoms with Crippen molar-refractivity contribution in [3.63, 3.8) is 0 Å². The first-order valence-electron chi connectivity index (χ1n) is 6.03. The van der Waals surface area contributed by atoms with Gasteiger partial charge in [-0.15, -0.1) is 0 Å². The van der Waals surface area contributed by atoms with Crippen LogP contribution >= 0.6 is 15.9 Å². The van der Waals surface area contributed by atoms with E-state index < -0.39 is 17.8 Å². The molecule has 3 amide bonds. The lowest BCUT2D eigenvalue weighted by Crippen LogP contribution is -2.30. The molecule has 8 heteroatoms. The monoisotopic (exact) mass is 354 g/mol. The topological polar surface area (TPSA) is 104 Å². The molecule has 2 N–H and O–H groups in total. The molecule has 0 bridgehead atoms. The van der Waals surface area contributed by atoms with Crippen LogP contribution in [-0.2, 0) is 14.4 Å². The van der Waals surface area contributed by atoms with E-state index in [2.05, 4.69) is 21.2 Å². The molecule has 1 aliphatic heterocycles. The number of carboxylic acids is 1. The SMILES string of the molecule is O=C(CBr)Nc1ccc(C(=O)O)c(N2C(=O)CCC2=O)c1. The zero-order valence-corrected chi connectivity index (χ0v) is 12.3. The van der Waals surface area contributed by atoms with E-state index in [1.807, 2.05) is 0 Å². The number of nitrogens with zero attached hydrogens (tertiary/aromatic N) is 1. The lowest BCUT2D eigenvalue weighted by atomic mass is 10.1. The number of halogens is 1. The number of carbonyl (C=O) groups is 4. The summed E-state index contributed by atoms with van der Waals surface area (Å²) < 4.78 is 0. The molecule has 0 atom stereocenters. The molecule has 1 aliphatic rings. The minimum absolute atomic E-state index is 0.0256. The highest BCUT2D eigenvalue weighted by Gasteiger charge is 2.33. The highest BCUT2D eigenvalue weighted by Crippen LogP contribution is 2.29. The maximum Gasteiger partial charge on any atom is 0.337 e. The first-order chi connectivity index (χ1) is 9.93. The number of aromatic carboxylic acids is 1. The van der Waals surface area contributed by atoms with Crippen LogP contribution in [0.2, 0.25) is 0 Å². The van der Waals surface area contributed by atoms with Gasteiger partial charge in [0.15, 0.2) is 0 Å². The van der Waals surface area contributed by atoms with Gasteiger partial charge in [-0.1, -0.05) is 15.9 Å². The Morgan fingerprint density at radius 3 is 2.38 bits per heavy atom. The molecular formula is C13H11BrN2O5. The third-order valence-corrected chi connectivity index (χ3v) is 3.43. The highest BCUT2D eigenvalue weighted by atomic mass is 79.9. The van der Waals surface area contributed by atoms with Crippen molar-refractivity contribution in [2.45, 2.75) is 12.8 Å². The quantitative estimate of drug-likeness (QED) is 0.627. The zero-order chi connectivity index (χ0) is 15.6. The number of carboxylic acid groups (broad SMARTS) is 1. The Bertz CT molecular complexity index is 627. The summed E-state index contributed by atoms with van der Waals surface area (Å²) in [4.78, 5) is 47.0. The number of hydrogen-bond acceptors (Lipinski definition) is 4. The molecule has 0 saturated carbocycles. The number of alkyl halides is 1. The van der Waals surface area contributed by atoms with Crippen molar-refractivity contribution in [3.8, 4) is 0 Å². The fraction of sp³-hybridized carbons (Fsp3) is 0.231. The number of amides is 3. The van der Waals surface area contributed by atoms with Crippen LogP contribution < -0.4 is 10.2 Å². The van der Waals surface area contributed by atoms with Crippen LogP contribution in [0.5, 0.6) is 0 Å². The van der Waals surface area contributed by atoms with Gasteiger partial charge in [-0.3, -0.25) is 14.4 Å². The summed E-state index contributed by atoms with van der Waals surface area (Å²) >= 11 is 2.99. The van der Waals surface area contributed by atoms with Gasteiger partial charge in [0, 0.05) is 18.5 Å².